The summed E-state index contributed by atoms with van der Waals surface area (Å²) in [5, 5.41) is 9.23. The molecule has 112 valence electrons. The standard InChI is InChI=1S/C14H18N4O2S/c1-2-20-14-16-13(17-18-14)15-12(19)11-8-9-6-4-3-5-7-10(9)21-11/h8H,2-7H2,1H3,(H2,15,16,17,18,19). The normalized spacial score (nSPS) is 14.3. The first-order chi connectivity index (χ1) is 10.3. The van der Waals surface area contributed by atoms with Crippen molar-refractivity contribution in [1.29, 1.82) is 0 Å². The van der Waals surface area contributed by atoms with E-state index < -0.39 is 0 Å². The molecule has 0 aromatic carbocycles. The number of carbonyl (C=O) groups is 1. The van der Waals surface area contributed by atoms with Crippen LogP contribution < -0.4 is 10.1 Å². The van der Waals surface area contributed by atoms with Crippen molar-refractivity contribution < 1.29 is 9.53 Å². The van der Waals surface area contributed by atoms with Gasteiger partial charge in [0.1, 0.15) is 0 Å². The highest BCUT2D eigenvalue weighted by Crippen LogP contribution is 2.29. The lowest BCUT2D eigenvalue weighted by Gasteiger charge is -1.98. The van der Waals surface area contributed by atoms with Gasteiger partial charge < -0.3 is 4.74 Å². The van der Waals surface area contributed by atoms with Crippen molar-refractivity contribution >= 4 is 23.2 Å². The molecule has 2 aromatic heterocycles. The van der Waals surface area contributed by atoms with Crippen LogP contribution in [-0.2, 0) is 12.8 Å². The topological polar surface area (TPSA) is 79.9 Å². The predicted molar refractivity (Wildman–Crippen MR) is 81.1 cm³/mol. The molecule has 7 heteroatoms. The molecule has 0 saturated heterocycles. The Hall–Kier alpha value is -1.89. The van der Waals surface area contributed by atoms with Gasteiger partial charge >= 0.3 is 6.01 Å². The van der Waals surface area contributed by atoms with Crippen LogP contribution in [0.2, 0.25) is 0 Å². The molecule has 0 saturated carbocycles. The summed E-state index contributed by atoms with van der Waals surface area (Å²) >= 11 is 1.59. The molecule has 1 aliphatic rings. The molecule has 0 radical (unpaired) electrons. The zero-order chi connectivity index (χ0) is 14.7. The number of hydrogen-bond donors (Lipinski definition) is 2. The van der Waals surface area contributed by atoms with Gasteiger partial charge in [0, 0.05) is 4.88 Å². The van der Waals surface area contributed by atoms with Crippen LogP contribution in [0, 0.1) is 0 Å². The lowest BCUT2D eigenvalue weighted by atomic mass is 10.1. The Bertz CT molecular complexity index is 611. The number of nitrogens with one attached hydrogen (secondary N) is 2. The van der Waals surface area contributed by atoms with Crippen LogP contribution in [0.4, 0.5) is 5.95 Å². The van der Waals surface area contributed by atoms with E-state index in [1.165, 1.54) is 29.7 Å². The molecule has 0 atom stereocenters. The van der Waals surface area contributed by atoms with Gasteiger partial charge in [-0.05, 0) is 44.2 Å². The highest BCUT2D eigenvalue weighted by molar-refractivity contribution is 7.14. The summed E-state index contributed by atoms with van der Waals surface area (Å²) < 4.78 is 5.15. The van der Waals surface area contributed by atoms with Crippen molar-refractivity contribution in [3.8, 4) is 6.01 Å². The highest BCUT2D eigenvalue weighted by Gasteiger charge is 2.17. The minimum atomic E-state index is -0.146. The second kappa shape index (κ2) is 6.26. The van der Waals surface area contributed by atoms with Gasteiger partial charge in [-0.2, -0.15) is 4.98 Å². The monoisotopic (exact) mass is 306 g/mol. The smallest absolute Gasteiger partial charge is 0.337 e. The van der Waals surface area contributed by atoms with Gasteiger partial charge in [0.05, 0.1) is 11.5 Å². The summed E-state index contributed by atoms with van der Waals surface area (Å²) in [7, 11) is 0. The number of aryl methyl sites for hydroxylation is 2. The summed E-state index contributed by atoms with van der Waals surface area (Å²) in [5.74, 6) is 0.166. The molecule has 2 heterocycles. The third-order valence-electron chi connectivity index (χ3n) is 3.44. The van der Waals surface area contributed by atoms with Gasteiger partial charge in [-0.25, -0.2) is 5.10 Å². The maximum Gasteiger partial charge on any atom is 0.337 e. The Kier molecular flexibility index (Phi) is 4.19. The zero-order valence-electron chi connectivity index (χ0n) is 11.9. The highest BCUT2D eigenvalue weighted by atomic mass is 32.1. The predicted octanol–water partition coefficient (Wildman–Crippen LogP) is 2.79. The van der Waals surface area contributed by atoms with Gasteiger partial charge in [0.2, 0.25) is 5.95 Å². The molecule has 0 unspecified atom stereocenters. The summed E-state index contributed by atoms with van der Waals surface area (Å²) in [6.45, 7) is 2.34. The molecule has 21 heavy (non-hydrogen) atoms. The molecule has 2 aromatic rings. The first-order valence-electron chi connectivity index (χ1n) is 7.24. The number of amides is 1. The molecule has 2 N–H and O–H groups in total. The number of nitrogens with zero attached hydrogens (tertiary/aromatic N) is 2. The van der Waals surface area contributed by atoms with Gasteiger partial charge in [0.25, 0.3) is 5.91 Å². The molecular formula is C14H18N4O2S. The lowest BCUT2D eigenvalue weighted by molar-refractivity contribution is 0.102. The fourth-order valence-electron chi connectivity index (χ4n) is 2.44. The first kappa shape index (κ1) is 14.1. The van der Waals surface area contributed by atoms with E-state index in [1.807, 2.05) is 13.0 Å². The molecule has 1 amide bonds. The molecule has 0 bridgehead atoms. The Labute approximate surface area is 126 Å². The third-order valence-corrected chi connectivity index (χ3v) is 4.68. The average Bonchev–Trinajstić information content (AvgIpc) is 3.01. The fraction of sp³-hybridized carbons (Fsp3) is 0.500. The van der Waals surface area contributed by atoms with Crippen LogP contribution >= 0.6 is 11.3 Å². The SMILES string of the molecule is CCOc1n[nH]c(NC(=O)c2cc3c(s2)CCCCC3)n1. The molecule has 0 aliphatic heterocycles. The number of rotatable bonds is 4. The summed E-state index contributed by atoms with van der Waals surface area (Å²) in [6.07, 6.45) is 5.88. The number of thiophene rings is 1. The third kappa shape index (κ3) is 3.24. The van der Waals surface area contributed by atoms with Crippen LogP contribution in [0.1, 0.15) is 46.3 Å². The number of aromatic amines is 1. The van der Waals surface area contributed by atoms with Crippen molar-refractivity contribution in [1.82, 2.24) is 15.2 Å². The van der Waals surface area contributed by atoms with E-state index in [1.54, 1.807) is 11.3 Å². The Balaban J connectivity index is 1.70. The Morgan fingerprint density at radius 3 is 3.14 bits per heavy atom. The Morgan fingerprint density at radius 1 is 1.43 bits per heavy atom. The van der Waals surface area contributed by atoms with Crippen molar-refractivity contribution in [2.45, 2.75) is 39.0 Å². The fourth-order valence-corrected chi connectivity index (χ4v) is 3.59. The van der Waals surface area contributed by atoms with E-state index in [0.717, 1.165) is 17.7 Å². The van der Waals surface area contributed by atoms with Gasteiger partial charge in [-0.15, -0.1) is 16.4 Å². The van der Waals surface area contributed by atoms with Crippen LogP contribution in [0.3, 0.4) is 0 Å². The first-order valence-corrected chi connectivity index (χ1v) is 8.06. The van der Waals surface area contributed by atoms with E-state index in [0.29, 0.717) is 12.6 Å². The van der Waals surface area contributed by atoms with Crippen molar-refractivity contribution in [2.75, 3.05) is 11.9 Å². The van der Waals surface area contributed by atoms with Crippen LogP contribution in [0.25, 0.3) is 0 Å². The second-order valence-electron chi connectivity index (χ2n) is 4.97. The van der Waals surface area contributed by atoms with E-state index in [-0.39, 0.29) is 11.9 Å². The molecule has 0 fully saturated rings. The Morgan fingerprint density at radius 2 is 2.29 bits per heavy atom. The van der Waals surface area contributed by atoms with Crippen LogP contribution in [-0.4, -0.2) is 27.7 Å². The van der Waals surface area contributed by atoms with E-state index >= 15 is 0 Å². The molecule has 0 spiro atoms. The average molecular weight is 306 g/mol. The number of ether oxygens (including phenoxy) is 1. The van der Waals surface area contributed by atoms with Crippen LogP contribution in [0.5, 0.6) is 6.01 Å². The summed E-state index contributed by atoms with van der Waals surface area (Å²) in [6, 6.07) is 2.26. The number of aromatic nitrogens is 3. The number of carbonyl (C=O) groups excluding carboxylic acids is 1. The van der Waals surface area contributed by atoms with E-state index in [2.05, 4.69) is 20.5 Å². The number of anilines is 1. The van der Waals surface area contributed by atoms with Crippen molar-refractivity contribution in [3.05, 3.63) is 21.4 Å². The van der Waals surface area contributed by atoms with Gasteiger partial charge in [-0.1, -0.05) is 6.42 Å². The molecule has 6 nitrogen and oxygen atoms in total. The van der Waals surface area contributed by atoms with Gasteiger partial charge in [0.15, 0.2) is 0 Å². The maximum absolute atomic E-state index is 12.3. The minimum Gasteiger partial charge on any atom is -0.463 e. The van der Waals surface area contributed by atoms with Gasteiger partial charge in [-0.3, -0.25) is 10.1 Å². The van der Waals surface area contributed by atoms with Crippen molar-refractivity contribution in [2.24, 2.45) is 0 Å². The molecule has 1 aliphatic carbocycles. The maximum atomic E-state index is 12.3. The van der Waals surface area contributed by atoms with Crippen LogP contribution in [0.15, 0.2) is 6.07 Å². The molecular weight excluding hydrogens is 288 g/mol. The number of hydrogen-bond acceptors (Lipinski definition) is 5. The summed E-state index contributed by atoms with van der Waals surface area (Å²) in [5.41, 5.74) is 1.33. The zero-order valence-corrected chi connectivity index (χ0v) is 12.8. The van der Waals surface area contributed by atoms with E-state index in [9.17, 15) is 4.79 Å². The summed E-state index contributed by atoms with van der Waals surface area (Å²) in [4.78, 5) is 18.4. The minimum absolute atomic E-state index is 0.146. The number of fused-ring (bicyclic) bond motifs is 1. The second-order valence-corrected chi connectivity index (χ2v) is 6.11. The van der Waals surface area contributed by atoms with Crippen molar-refractivity contribution in [3.63, 3.8) is 0 Å². The molecule has 3 rings (SSSR count). The number of H-pyrrole nitrogens is 1. The van der Waals surface area contributed by atoms with E-state index in [4.69, 9.17) is 4.74 Å². The lowest BCUT2D eigenvalue weighted by Crippen LogP contribution is -2.11. The largest absolute Gasteiger partial charge is 0.463 e. The quantitative estimate of drug-likeness (QED) is 0.851.